The number of pyridine rings is 1. The fourth-order valence-electron chi connectivity index (χ4n) is 4.05. The monoisotopic (exact) mass is 495 g/mol. The van der Waals surface area contributed by atoms with Crippen molar-refractivity contribution in [1.29, 1.82) is 0 Å². The molecular formula is C28H18FN3O5. The van der Waals surface area contributed by atoms with E-state index >= 15 is 0 Å². The number of non-ortho nitro benzene ring substituents is 1. The number of carbonyl (C=O) groups excluding carboxylic acids is 2. The van der Waals surface area contributed by atoms with Crippen molar-refractivity contribution in [1.82, 2.24) is 4.98 Å². The van der Waals surface area contributed by atoms with Gasteiger partial charge in [0.2, 0.25) is 0 Å². The molecule has 5 aromatic rings. The molecule has 0 fully saturated rings. The fraction of sp³-hybridized carbons (Fsp3) is 0.0357. The van der Waals surface area contributed by atoms with Gasteiger partial charge in [0.1, 0.15) is 5.82 Å². The Morgan fingerprint density at radius 1 is 0.919 bits per heavy atom. The van der Waals surface area contributed by atoms with Gasteiger partial charge in [-0.25, -0.2) is 14.2 Å². The molecule has 0 bridgehead atoms. The first-order chi connectivity index (χ1) is 17.9. The smallest absolute Gasteiger partial charge is 0.339 e. The van der Waals surface area contributed by atoms with E-state index < -0.39 is 34.9 Å². The van der Waals surface area contributed by atoms with Crippen molar-refractivity contribution in [2.45, 2.75) is 0 Å². The number of nitrogens with one attached hydrogen (secondary N) is 1. The van der Waals surface area contributed by atoms with Crippen LogP contribution >= 0.6 is 0 Å². The Morgan fingerprint density at radius 3 is 2.46 bits per heavy atom. The summed E-state index contributed by atoms with van der Waals surface area (Å²) in [4.78, 5) is 40.4. The summed E-state index contributed by atoms with van der Waals surface area (Å²) in [5, 5.41) is 15.7. The predicted molar refractivity (Wildman–Crippen MR) is 137 cm³/mol. The molecule has 0 saturated carbocycles. The number of anilines is 1. The highest BCUT2D eigenvalue weighted by atomic mass is 19.1. The molecule has 1 N–H and O–H groups in total. The molecule has 0 aliphatic heterocycles. The fourth-order valence-corrected chi connectivity index (χ4v) is 4.05. The number of esters is 1. The average molecular weight is 495 g/mol. The summed E-state index contributed by atoms with van der Waals surface area (Å²) in [6.07, 6.45) is 0. The summed E-state index contributed by atoms with van der Waals surface area (Å²) in [6, 6.07) is 25.0. The molecule has 5 rings (SSSR count). The van der Waals surface area contributed by atoms with E-state index in [2.05, 4.69) is 5.32 Å². The second-order valence-electron chi connectivity index (χ2n) is 8.14. The zero-order chi connectivity index (χ0) is 25.9. The molecule has 1 aromatic heterocycles. The van der Waals surface area contributed by atoms with Crippen LogP contribution in [0.5, 0.6) is 0 Å². The largest absolute Gasteiger partial charge is 0.452 e. The van der Waals surface area contributed by atoms with Crippen molar-refractivity contribution in [2.24, 2.45) is 0 Å². The third-order valence-corrected chi connectivity index (χ3v) is 5.77. The Morgan fingerprint density at radius 2 is 1.65 bits per heavy atom. The molecule has 0 atom stereocenters. The number of halogens is 1. The summed E-state index contributed by atoms with van der Waals surface area (Å²) >= 11 is 0. The molecule has 0 saturated heterocycles. The van der Waals surface area contributed by atoms with E-state index in [0.717, 1.165) is 34.5 Å². The first-order valence-electron chi connectivity index (χ1n) is 11.2. The number of aromatic nitrogens is 1. The normalized spacial score (nSPS) is 10.8. The van der Waals surface area contributed by atoms with Crippen LogP contribution in [0.4, 0.5) is 15.8 Å². The summed E-state index contributed by atoms with van der Waals surface area (Å²) in [5.74, 6) is -2.47. The molecule has 8 nitrogen and oxygen atoms in total. The third-order valence-electron chi connectivity index (χ3n) is 5.77. The number of hydrogen-bond acceptors (Lipinski definition) is 6. The first-order valence-corrected chi connectivity index (χ1v) is 11.2. The predicted octanol–water partition coefficient (Wildman–Crippen LogP) is 5.90. The van der Waals surface area contributed by atoms with Gasteiger partial charge in [-0.1, -0.05) is 60.7 Å². The summed E-state index contributed by atoms with van der Waals surface area (Å²) in [6.45, 7) is -0.721. The lowest BCUT2D eigenvalue weighted by molar-refractivity contribution is -0.384. The highest BCUT2D eigenvalue weighted by Gasteiger charge is 2.19. The van der Waals surface area contributed by atoms with Crippen molar-refractivity contribution < 1.29 is 23.6 Å². The van der Waals surface area contributed by atoms with Gasteiger partial charge in [0.25, 0.3) is 11.6 Å². The SMILES string of the molecule is O=C(COC(=O)c1cc(-c2cccc3ccccc23)nc2ccccc12)Nc1cc([N+](=O)[O-])ccc1F. The Kier molecular flexibility index (Phi) is 6.25. The van der Waals surface area contributed by atoms with Gasteiger partial charge in [0.05, 0.1) is 27.4 Å². The molecule has 9 heteroatoms. The average Bonchev–Trinajstić information content (AvgIpc) is 2.91. The Labute approximate surface area is 209 Å². The number of carbonyl (C=O) groups is 2. The maximum Gasteiger partial charge on any atom is 0.339 e. The minimum absolute atomic E-state index is 0.211. The molecule has 37 heavy (non-hydrogen) atoms. The Balaban J connectivity index is 1.42. The highest BCUT2D eigenvalue weighted by molar-refractivity contribution is 6.07. The molecule has 0 radical (unpaired) electrons. The number of hydrogen-bond donors (Lipinski definition) is 1. The van der Waals surface area contributed by atoms with Crippen LogP contribution in [0.15, 0.2) is 91.0 Å². The van der Waals surface area contributed by atoms with Crippen LogP contribution in [-0.2, 0) is 9.53 Å². The number of nitro groups is 1. The molecule has 1 amide bonds. The van der Waals surface area contributed by atoms with E-state index in [9.17, 15) is 24.1 Å². The number of ether oxygens (including phenoxy) is 1. The summed E-state index contributed by atoms with van der Waals surface area (Å²) in [5.41, 5.74) is 1.40. The summed E-state index contributed by atoms with van der Waals surface area (Å²) < 4.78 is 19.2. The zero-order valence-electron chi connectivity index (χ0n) is 19.2. The number of benzene rings is 4. The lowest BCUT2D eigenvalue weighted by Gasteiger charge is -2.12. The van der Waals surface area contributed by atoms with Gasteiger partial charge in [0, 0.05) is 23.1 Å². The van der Waals surface area contributed by atoms with Crippen molar-refractivity contribution in [3.63, 3.8) is 0 Å². The topological polar surface area (TPSA) is 111 Å². The number of fused-ring (bicyclic) bond motifs is 2. The standard InChI is InChI=1S/C28H18FN3O5/c29-23-13-12-18(32(35)36)14-26(23)31-27(33)16-37-28(34)22-15-25(30-24-11-4-3-9-21(22)24)20-10-5-7-17-6-1-2-8-19(17)20/h1-15H,16H2,(H,31,33). The van der Waals surface area contributed by atoms with E-state index in [-0.39, 0.29) is 11.3 Å². The van der Waals surface area contributed by atoms with E-state index in [1.807, 2.05) is 42.5 Å². The van der Waals surface area contributed by atoms with Crippen LogP contribution in [0.1, 0.15) is 10.4 Å². The minimum atomic E-state index is -0.856. The van der Waals surface area contributed by atoms with Crippen LogP contribution < -0.4 is 5.32 Å². The van der Waals surface area contributed by atoms with Crippen molar-refractivity contribution >= 4 is 44.9 Å². The van der Waals surface area contributed by atoms with Gasteiger partial charge in [-0.05, 0) is 29.0 Å². The number of nitrogens with zero attached hydrogens (tertiary/aromatic N) is 2. The van der Waals surface area contributed by atoms with Crippen molar-refractivity contribution in [3.8, 4) is 11.3 Å². The van der Waals surface area contributed by atoms with E-state index in [1.54, 1.807) is 30.3 Å². The molecule has 0 aliphatic rings. The lowest BCUT2D eigenvalue weighted by Crippen LogP contribution is -2.21. The van der Waals surface area contributed by atoms with Gasteiger partial charge in [-0.3, -0.25) is 14.9 Å². The van der Waals surface area contributed by atoms with Crippen LogP contribution in [0.2, 0.25) is 0 Å². The van der Waals surface area contributed by atoms with Crippen LogP contribution in [0.3, 0.4) is 0 Å². The molecule has 0 unspecified atom stereocenters. The quantitative estimate of drug-likeness (QED) is 0.178. The van der Waals surface area contributed by atoms with Gasteiger partial charge in [-0.2, -0.15) is 0 Å². The Bertz CT molecular complexity index is 1700. The third kappa shape index (κ3) is 4.83. The van der Waals surface area contributed by atoms with Gasteiger partial charge >= 0.3 is 5.97 Å². The van der Waals surface area contributed by atoms with Gasteiger partial charge < -0.3 is 10.1 Å². The van der Waals surface area contributed by atoms with Gasteiger partial charge in [-0.15, -0.1) is 0 Å². The minimum Gasteiger partial charge on any atom is -0.452 e. The number of para-hydroxylation sites is 1. The zero-order valence-corrected chi connectivity index (χ0v) is 19.2. The van der Waals surface area contributed by atoms with Crippen LogP contribution in [0, 0.1) is 15.9 Å². The maximum atomic E-state index is 14.0. The second-order valence-corrected chi connectivity index (χ2v) is 8.14. The number of rotatable bonds is 6. The van der Waals surface area contributed by atoms with Crippen LogP contribution in [-0.4, -0.2) is 28.4 Å². The maximum absolute atomic E-state index is 14.0. The van der Waals surface area contributed by atoms with E-state index in [1.165, 1.54) is 0 Å². The molecule has 0 spiro atoms. The number of nitro benzene ring substituents is 1. The lowest BCUT2D eigenvalue weighted by atomic mass is 9.99. The highest BCUT2D eigenvalue weighted by Crippen LogP contribution is 2.31. The molecule has 182 valence electrons. The van der Waals surface area contributed by atoms with Gasteiger partial charge in [0.15, 0.2) is 6.61 Å². The molecular weight excluding hydrogens is 477 g/mol. The first kappa shape index (κ1) is 23.6. The van der Waals surface area contributed by atoms with Crippen molar-refractivity contribution in [2.75, 3.05) is 11.9 Å². The van der Waals surface area contributed by atoms with E-state index in [4.69, 9.17) is 9.72 Å². The molecule has 0 aliphatic carbocycles. The molecule has 4 aromatic carbocycles. The summed E-state index contributed by atoms with van der Waals surface area (Å²) in [7, 11) is 0. The molecule has 1 heterocycles. The Hall–Kier alpha value is -5.18. The second kappa shape index (κ2) is 9.82. The van der Waals surface area contributed by atoms with Crippen LogP contribution in [0.25, 0.3) is 32.9 Å². The number of amides is 1. The van der Waals surface area contributed by atoms with Crippen molar-refractivity contribution in [3.05, 3.63) is 112 Å². The van der Waals surface area contributed by atoms with E-state index in [0.29, 0.717) is 16.6 Å².